The average molecular weight is 325 g/mol. The molecule has 1 aromatic carbocycles. The Kier molecular flexibility index (Phi) is 4.83. The van der Waals surface area contributed by atoms with Crippen molar-refractivity contribution in [2.75, 3.05) is 0 Å². The van der Waals surface area contributed by atoms with Crippen LogP contribution in [0.25, 0.3) is 0 Å². The number of thioether (sulfide) groups is 1. The lowest BCUT2D eigenvalue weighted by atomic mass is 9.86. The molecular weight excluding hydrogens is 308 g/mol. The second kappa shape index (κ2) is 6.81. The van der Waals surface area contributed by atoms with Gasteiger partial charge in [-0.05, 0) is 31.0 Å². The van der Waals surface area contributed by atoms with Crippen LogP contribution >= 0.6 is 23.4 Å². The van der Waals surface area contributed by atoms with E-state index in [0.717, 1.165) is 35.6 Å². The third-order valence-electron chi connectivity index (χ3n) is 3.69. The van der Waals surface area contributed by atoms with Crippen LogP contribution in [-0.2, 0) is 5.75 Å². The van der Waals surface area contributed by atoms with E-state index in [9.17, 15) is 5.11 Å². The molecule has 1 fully saturated rings. The van der Waals surface area contributed by atoms with Gasteiger partial charge in [0.1, 0.15) is 0 Å². The van der Waals surface area contributed by atoms with E-state index in [1.165, 1.54) is 0 Å². The molecule has 0 amide bonds. The maximum Gasteiger partial charge on any atom is 0.232 e. The minimum Gasteiger partial charge on any atom is -0.392 e. The molecule has 1 aliphatic carbocycles. The fourth-order valence-electron chi connectivity index (χ4n) is 2.58. The standard InChI is InChI=1S/C15H17ClN2O2S/c16-10-4-3-5-11(8-10)21-9-14-17-15(20-18-14)12-6-1-2-7-13(12)19/h3-5,8,12-13,19H,1-2,6-7,9H2. The molecule has 0 radical (unpaired) electrons. The van der Waals surface area contributed by atoms with E-state index >= 15 is 0 Å². The predicted molar refractivity (Wildman–Crippen MR) is 82.5 cm³/mol. The summed E-state index contributed by atoms with van der Waals surface area (Å²) in [6, 6.07) is 7.69. The molecule has 1 N–H and O–H groups in total. The molecule has 2 aromatic rings. The smallest absolute Gasteiger partial charge is 0.232 e. The summed E-state index contributed by atoms with van der Waals surface area (Å²) in [5.41, 5.74) is 0. The lowest BCUT2D eigenvalue weighted by molar-refractivity contribution is 0.0908. The molecule has 4 nitrogen and oxygen atoms in total. The van der Waals surface area contributed by atoms with Crippen molar-refractivity contribution in [3.05, 3.63) is 41.0 Å². The molecular formula is C15H17ClN2O2S. The normalized spacial score (nSPS) is 22.4. The van der Waals surface area contributed by atoms with Gasteiger partial charge in [-0.15, -0.1) is 11.8 Å². The van der Waals surface area contributed by atoms with Crippen molar-refractivity contribution in [2.45, 2.75) is 48.4 Å². The van der Waals surface area contributed by atoms with Gasteiger partial charge in [0.05, 0.1) is 17.8 Å². The molecule has 1 aliphatic rings. The molecule has 2 unspecified atom stereocenters. The Morgan fingerprint density at radius 3 is 3.00 bits per heavy atom. The first kappa shape index (κ1) is 14.9. The number of benzene rings is 1. The van der Waals surface area contributed by atoms with Gasteiger partial charge < -0.3 is 9.63 Å². The van der Waals surface area contributed by atoms with E-state index in [2.05, 4.69) is 10.1 Å². The average Bonchev–Trinajstić information content (AvgIpc) is 2.94. The Bertz CT molecular complexity index is 605. The highest BCUT2D eigenvalue weighted by Crippen LogP contribution is 2.32. The Morgan fingerprint density at radius 2 is 2.19 bits per heavy atom. The number of aliphatic hydroxyl groups excluding tert-OH is 1. The SMILES string of the molecule is OC1CCCCC1c1nc(CSc2cccc(Cl)c2)no1. The highest BCUT2D eigenvalue weighted by Gasteiger charge is 2.29. The zero-order valence-corrected chi connectivity index (χ0v) is 13.1. The van der Waals surface area contributed by atoms with Crippen molar-refractivity contribution in [3.63, 3.8) is 0 Å². The van der Waals surface area contributed by atoms with E-state index < -0.39 is 0 Å². The summed E-state index contributed by atoms with van der Waals surface area (Å²) in [6.45, 7) is 0. The summed E-state index contributed by atoms with van der Waals surface area (Å²) >= 11 is 7.57. The molecule has 2 atom stereocenters. The predicted octanol–water partition coefficient (Wildman–Crippen LogP) is 4.03. The number of nitrogens with zero attached hydrogens (tertiary/aromatic N) is 2. The van der Waals surface area contributed by atoms with Crippen molar-refractivity contribution < 1.29 is 9.63 Å². The molecule has 0 spiro atoms. The largest absolute Gasteiger partial charge is 0.392 e. The van der Waals surface area contributed by atoms with Crippen LogP contribution in [0.5, 0.6) is 0 Å². The minimum absolute atomic E-state index is 0.00355. The Labute approximate surface area is 132 Å². The molecule has 1 heterocycles. The van der Waals surface area contributed by atoms with E-state index in [1.54, 1.807) is 11.8 Å². The van der Waals surface area contributed by atoms with Gasteiger partial charge in [-0.1, -0.05) is 35.7 Å². The van der Waals surface area contributed by atoms with Crippen LogP contribution in [0.2, 0.25) is 5.02 Å². The second-order valence-electron chi connectivity index (χ2n) is 5.25. The zero-order valence-electron chi connectivity index (χ0n) is 11.5. The van der Waals surface area contributed by atoms with E-state index in [1.807, 2.05) is 24.3 Å². The summed E-state index contributed by atoms with van der Waals surface area (Å²) in [6.07, 6.45) is 3.57. The highest BCUT2D eigenvalue weighted by atomic mass is 35.5. The Hall–Kier alpha value is -1.04. The molecule has 3 rings (SSSR count). The van der Waals surface area contributed by atoms with Crippen molar-refractivity contribution >= 4 is 23.4 Å². The third-order valence-corrected chi connectivity index (χ3v) is 4.92. The first-order valence-corrected chi connectivity index (χ1v) is 8.47. The third kappa shape index (κ3) is 3.78. The number of halogens is 1. The molecule has 0 aliphatic heterocycles. The monoisotopic (exact) mass is 324 g/mol. The maximum atomic E-state index is 10.0. The van der Waals surface area contributed by atoms with Gasteiger partial charge >= 0.3 is 0 Å². The maximum absolute atomic E-state index is 10.0. The summed E-state index contributed by atoms with van der Waals surface area (Å²) in [7, 11) is 0. The van der Waals surface area contributed by atoms with Crippen LogP contribution in [0, 0.1) is 0 Å². The summed E-state index contributed by atoms with van der Waals surface area (Å²) in [5, 5.41) is 14.8. The number of aliphatic hydroxyl groups is 1. The molecule has 21 heavy (non-hydrogen) atoms. The van der Waals surface area contributed by atoms with Crippen LogP contribution < -0.4 is 0 Å². The minimum atomic E-state index is -0.354. The van der Waals surface area contributed by atoms with Crippen molar-refractivity contribution in [1.29, 1.82) is 0 Å². The molecule has 0 bridgehead atoms. The fourth-order valence-corrected chi connectivity index (χ4v) is 3.63. The van der Waals surface area contributed by atoms with Gasteiger partial charge in [0, 0.05) is 9.92 Å². The number of rotatable bonds is 4. The van der Waals surface area contributed by atoms with Crippen LogP contribution in [0.1, 0.15) is 43.3 Å². The lowest BCUT2D eigenvalue weighted by Gasteiger charge is -2.24. The topological polar surface area (TPSA) is 59.2 Å². The number of hydrogen-bond acceptors (Lipinski definition) is 5. The van der Waals surface area contributed by atoms with Gasteiger partial charge in [-0.25, -0.2) is 0 Å². The van der Waals surface area contributed by atoms with E-state index in [-0.39, 0.29) is 12.0 Å². The molecule has 112 valence electrons. The molecule has 1 saturated carbocycles. The summed E-state index contributed by atoms with van der Waals surface area (Å²) in [5.74, 6) is 1.86. The second-order valence-corrected chi connectivity index (χ2v) is 6.74. The van der Waals surface area contributed by atoms with Gasteiger partial charge in [-0.2, -0.15) is 4.98 Å². The Morgan fingerprint density at radius 1 is 1.33 bits per heavy atom. The quantitative estimate of drug-likeness (QED) is 0.860. The Balaban J connectivity index is 1.62. The van der Waals surface area contributed by atoms with Crippen molar-refractivity contribution in [3.8, 4) is 0 Å². The van der Waals surface area contributed by atoms with Crippen LogP contribution in [0.4, 0.5) is 0 Å². The van der Waals surface area contributed by atoms with Gasteiger partial charge in [0.2, 0.25) is 5.89 Å². The summed E-state index contributed by atoms with van der Waals surface area (Å²) in [4.78, 5) is 5.51. The zero-order chi connectivity index (χ0) is 14.7. The first-order chi connectivity index (χ1) is 10.2. The molecule has 6 heteroatoms. The van der Waals surface area contributed by atoms with E-state index in [4.69, 9.17) is 16.1 Å². The molecule has 0 saturated heterocycles. The van der Waals surface area contributed by atoms with E-state index in [0.29, 0.717) is 17.5 Å². The lowest BCUT2D eigenvalue weighted by Crippen LogP contribution is -2.22. The highest BCUT2D eigenvalue weighted by molar-refractivity contribution is 7.98. The number of hydrogen-bond donors (Lipinski definition) is 1. The van der Waals surface area contributed by atoms with Gasteiger partial charge in [0.15, 0.2) is 5.82 Å². The fraction of sp³-hybridized carbons (Fsp3) is 0.467. The van der Waals surface area contributed by atoms with Crippen LogP contribution in [0.3, 0.4) is 0 Å². The van der Waals surface area contributed by atoms with Crippen molar-refractivity contribution in [1.82, 2.24) is 10.1 Å². The first-order valence-electron chi connectivity index (χ1n) is 7.11. The van der Waals surface area contributed by atoms with Crippen molar-refractivity contribution in [2.24, 2.45) is 0 Å². The summed E-state index contributed by atoms with van der Waals surface area (Å²) < 4.78 is 5.33. The van der Waals surface area contributed by atoms with Gasteiger partial charge in [-0.3, -0.25) is 0 Å². The molecule has 1 aromatic heterocycles. The van der Waals surface area contributed by atoms with Gasteiger partial charge in [0.25, 0.3) is 0 Å². The van der Waals surface area contributed by atoms with Crippen LogP contribution in [-0.4, -0.2) is 21.4 Å². The number of aromatic nitrogens is 2. The van der Waals surface area contributed by atoms with Crippen LogP contribution in [0.15, 0.2) is 33.7 Å².